The minimum Gasteiger partial charge on any atom is -0.406 e. The van der Waals surface area contributed by atoms with Gasteiger partial charge in [0, 0.05) is 12.1 Å². The van der Waals surface area contributed by atoms with E-state index in [1.54, 1.807) is 0 Å². The lowest BCUT2D eigenvalue weighted by molar-refractivity contribution is -0.274. The number of aromatic amines is 1. The summed E-state index contributed by atoms with van der Waals surface area (Å²) < 4.78 is 40.4. The first-order valence-corrected chi connectivity index (χ1v) is 10.0. The van der Waals surface area contributed by atoms with Gasteiger partial charge in [0.2, 0.25) is 5.91 Å². The van der Waals surface area contributed by atoms with Crippen molar-refractivity contribution in [2.24, 2.45) is 4.99 Å². The highest BCUT2D eigenvalue weighted by Gasteiger charge is 2.32. The number of alkyl halides is 3. The standard InChI is InChI=1S/C20H15F3N4O3S/c21-20(22,23)30-12-7-5-11(6-8-12)24-17(28)9-15-19(29)27-18(31-15)10-16-25-13-3-1-2-4-14(13)26-16/h1-8,15H,9-10H2,(H,24,28)(H,25,26). The van der Waals surface area contributed by atoms with Gasteiger partial charge in [-0.05, 0) is 36.4 Å². The average molecular weight is 448 g/mol. The van der Waals surface area contributed by atoms with Crippen LogP contribution in [-0.2, 0) is 16.0 Å². The number of benzene rings is 2. The van der Waals surface area contributed by atoms with Crippen molar-refractivity contribution in [1.82, 2.24) is 9.97 Å². The molecule has 0 fully saturated rings. The third-order valence-corrected chi connectivity index (χ3v) is 5.45. The summed E-state index contributed by atoms with van der Waals surface area (Å²) in [5, 5.41) is 2.46. The number of nitrogens with zero attached hydrogens (tertiary/aromatic N) is 2. The van der Waals surface area contributed by atoms with Crippen LogP contribution in [-0.4, -0.2) is 38.4 Å². The molecule has 1 aromatic heterocycles. The Morgan fingerprint density at radius 2 is 1.90 bits per heavy atom. The van der Waals surface area contributed by atoms with E-state index in [0.717, 1.165) is 23.2 Å². The van der Waals surface area contributed by atoms with E-state index >= 15 is 0 Å². The number of hydrogen-bond donors (Lipinski definition) is 2. The van der Waals surface area contributed by atoms with Crippen molar-refractivity contribution in [3.8, 4) is 5.75 Å². The van der Waals surface area contributed by atoms with Gasteiger partial charge in [-0.15, -0.1) is 13.2 Å². The predicted octanol–water partition coefficient (Wildman–Crippen LogP) is 4.07. The fraction of sp³-hybridized carbons (Fsp3) is 0.200. The minimum absolute atomic E-state index is 0.114. The molecule has 1 aliphatic rings. The van der Waals surface area contributed by atoms with Crippen LogP contribution < -0.4 is 10.1 Å². The zero-order valence-electron chi connectivity index (χ0n) is 15.8. The Labute approximate surface area is 178 Å². The van der Waals surface area contributed by atoms with Crippen LogP contribution in [0, 0.1) is 0 Å². The van der Waals surface area contributed by atoms with Crippen LogP contribution in [0.3, 0.4) is 0 Å². The van der Waals surface area contributed by atoms with Gasteiger partial charge >= 0.3 is 6.36 Å². The zero-order valence-corrected chi connectivity index (χ0v) is 16.6. The lowest BCUT2D eigenvalue weighted by atomic mass is 10.2. The molecule has 0 saturated heterocycles. The summed E-state index contributed by atoms with van der Waals surface area (Å²) in [7, 11) is 0. The molecule has 0 bridgehead atoms. The van der Waals surface area contributed by atoms with Crippen LogP contribution in [0.25, 0.3) is 11.0 Å². The summed E-state index contributed by atoms with van der Waals surface area (Å²) in [6, 6.07) is 12.3. The second-order valence-electron chi connectivity index (χ2n) is 6.65. The van der Waals surface area contributed by atoms with Gasteiger partial charge < -0.3 is 15.0 Å². The van der Waals surface area contributed by atoms with E-state index in [2.05, 4.69) is 25.0 Å². The molecule has 0 radical (unpaired) electrons. The van der Waals surface area contributed by atoms with Crippen molar-refractivity contribution in [3.63, 3.8) is 0 Å². The van der Waals surface area contributed by atoms with Gasteiger partial charge in [0.05, 0.1) is 22.5 Å². The first-order chi connectivity index (χ1) is 14.7. The van der Waals surface area contributed by atoms with Gasteiger partial charge in [-0.1, -0.05) is 23.9 Å². The van der Waals surface area contributed by atoms with Crippen LogP contribution in [0.15, 0.2) is 53.5 Å². The molecule has 31 heavy (non-hydrogen) atoms. The normalized spacial score (nSPS) is 16.4. The number of H-pyrrole nitrogens is 1. The zero-order chi connectivity index (χ0) is 22.0. The third-order valence-electron chi connectivity index (χ3n) is 4.29. The lowest BCUT2D eigenvalue weighted by Gasteiger charge is -2.11. The molecular weight excluding hydrogens is 433 g/mol. The van der Waals surface area contributed by atoms with E-state index in [9.17, 15) is 22.8 Å². The van der Waals surface area contributed by atoms with Crippen molar-refractivity contribution in [1.29, 1.82) is 0 Å². The maximum Gasteiger partial charge on any atom is 0.573 e. The summed E-state index contributed by atoms with van der Waals surface area (Å²) in [5.41, 5.74) is 1.99. The van der Waals surface area contributed by atoms with Crippen molar-refractivity contribution < 1.29 is 27.5 Å². The molecule has 11 heteroatoms. The summed E-state index contributed by atoms with van der Waals surface area (Å²) >= 11 is 1.21. The van der Waals surface area contributed by atoms with Gasteiger partial charge in [-0.2, -0.15) is 0 Å². The molecule has 7 nitrogen and oxygen atoms in total. The van der Waals surface area contributed by atoms with E-state index in [4.69, 9.17) is 0 Å². The van der Waals surface area contributed by atoms with E-state index in [0.29, 0.717) is 23.0 Å². The lowest BCUT2D eigenvalue weighted by Crippen LogP contribution is -2.21. The molecule has 0 aliphatic carbocycles. The molecule has 4 rings (SSSR count). The number of carbonyl (C=O) groups is 2. The van der Waals surface area contributed by atoms with Gasteiger partial charge in [0.1, 0.15) is 16.8 Å². The predicted molar refractivity (Wildman–Crippen MR) is 110 cm³/mol. The summed E-state index contributed by atoms with van der Waals surface area (Å²) in [5.74, 6) is -0.571. The largest absolute Gasteiger partial charge is 0.573 e. The van der Waals surface area contributed by atoms with Gasteiger partial charge in [-0.3, -0.25) is 9.59 Å². The Balaban J connectivity index is 1.30. The summed E-state index contributed by atoms with van der Waals surface area (Å²) in [6.07, 6.45) is -4.55. The van der Waals surface area contributed by atoms with E-state index in [1.165, 1.54) is 23.9 Å². The van der Waals surface area contributed by atoms with Crippen molar-refractivity contribution in [2.45, 2.75) is 24.5 Å². The second-order valence-corrected chi connectivity index (χ2v) is 7.93. The topological polar surface area (TPSA) is 96.4 Å². The number of rotatable bonds is 6. The molecule has 0 saturated carbocycles. The van der Waals surface area contributed by atoms with Crippen molar-refractivity contribution in [3.05, 3.63) is 54.4 Å². The number of aliphatic imine (C=N–C) groups is 1. The number of halogens is 3. The SMILES string of the molecule is O=C(CC1SC(Cc2nc3ccccc3[nH]2)=NC1=O)Nc1ccc(OC(F)(F)F)cc1. The molecule has 2 N–H and O–H groups in total. The van der Waals surface area contributed by atoms with E-state index in [1.807, 2.05) is 24.3 Å². The van der Waals surface area contributed by atoms with Crippen LogP contribution in [0.2, 0.25) is 0 Å². The number of thioether (sulfide) groups is 1. The highest BCUT2D eigenvalue weighted by molar-refractivity contribution is 8.15. The molecule has 2 aromatic carbocycles. The average Bonchev–Trinajstić information content (AvgIpc) is 3.24. The van der Waals surface area contributed by atoms with Gasteiger partial charge in [0.25, 0.3) is 5.91 Å². The first kappa shape index (κ1) is 20.9. The van der Waals surface area contributed by atoms with E-state index in [-0.39, 0.29) is 6.42 Å². The maximum absolute atomic E-state index is 12.3. The Bertz CT molecular complexity index is 1130. The van der Waals surface area contributed by atoms with Crippen molar-refractivity contribution in [2.75, 3.05) is 5.32 Å². The Morgan fingerprint density at radius 3 is 2.61 bits per heavy atom. The molecule has 1 atom stereocenters. The molecule has 160 valence electrons. The molecule has 1 unspecified atom stereocenters. The minimum atomic E-state index is -4.79. The maximum atomic E-state index is 12.3. The number of ether oxygens (including phenoxy) is 1. The fourth-order valence-corrected chi connectivity index (χ4v) is 4.08. The number of para-hydroxylation sites is 2. The number of aromatic nitrogens is 2. The monoisotopic (exact) mass is 448 g/mol. The highest BCUT2D eigenvalue weighted by Crippen LogP contribution is 2.28. The van der Waals surface area contributed by atoms with Crippen molar-refractivity contribution >= 4 is 45.3 Å². The molecule has 2 heterocycles. The first-order valence-electron chi connectivity index (χ1n) is 9.12. The summed E-state index contributed by atoms with van der Waals surface area (Å²) in [4.78, 5) is 36.1. The van der Waals surface area contributed by atoms with Gasteiger partial charge in [0.15, 0.2) is 0 Å². The molecular formula is C20H15F3N4O3S. The van der Waals surface area contributed by atoms with Crippen LogP contribution >= 0.6 is 11.8 Å². The Morgan fingerprint density at radius 1 is 1.16 bits per heavy atom. The number of amides is 2. The number of anilines is 1. The van der Waals surface area contributed by atoms with E-state index < -0.39 is 29.2 Å². The molecule has 2 amide bonds. The molecule has 3 aromatic rings. The molecule has 0 spiro atoms. The number of imidazole rings is 1. The van der Waals surface area contributed by atoms with Crippen LogP contribution in [0.1, 0.15) is 12.2 Å². The van der Waals surface area contributed by atoms with Crippen LogP contribution in [0.4, 0.5) is 18.9 Å². The second kappa shape index (κ2) is 8.42. The van der Waals surface area contributed by atoms with Crippen LogP contribution in [0.5, 0.6) is 5.75 Å². The smallest absolute Gasteiger partial charge is 0.406 e. The Hall–Kier alpha value is -3.34. The van der Waals surface area contributed by atoms with Gasteiger partial charge in [-0.25, -0.2) is 9.98 Å². The third kappa shape index (κ3) is 5.43. The molecule has 1 aliphatic heterocycles. The number of nitrogens with one attached hydrogen (secondary N) is 2. The number of hydrogen-bond acceptors (Lipinski definition) is 5. The number of carbonyl (C=O) groups excluding carboxylic acids is 2. The fourth-order valence-electron chi connectivity index (χ4n) is 3.00. The Kier molecular flexibility index (Phi) is 5.68. The number of fused-ring (bicyclic) bond motifs is 1. The summed E-state index contributed by atoms with van der Waals surface area (Å²) in [6.45, 7) is 0. The highest BCUT2D eigenvalue weighted by atomic mass is 32.2. The quantitative estimate of drug-likeness (QED) is 0.593.